The van der Waals surface area contributed by atoms with Crippen molar-refractivity contribution in [2.75, 3.05) is 0 Å². The highest BCUT2D eigenvalue weighted by molar-refractivity contribution is 6.35. The van der Waals surface area contributed by atoms with Crippen LogP contribution in [-0.4, -0.2) is 0 Å². The molecule has 0 radical (unpaired) electrons. The summed E-state index contributed by atoms with van der Waals surface area (Å²) in [6.45, 7) is 2.07. The summed E-state index contributed by atoms with van der Waals surface area (Å²) >= 11 is 11.9. The van der Waals surface area contributed by atoms with E-state index in [0.717, 1.165) is 12.0 Å². The van der Waals surface area contributed by atoms with Gasteiger partial charge in [0.1, 0.15) is 0 Å². The first-order valence-corrected chi connectivity index (χ1v) is 5.18. The van der Waals surface area contributed by atoms with Gasteiger partial charge < -0.3 is 0 Å². The number of nitrogens with zero attached hydrogens (tertiary/aromatic N) is 1. The van der Waals surface area contributed by atoms with Gasteiger partial charge in [-0.3, -0.25) is 0 Å². The molecule has 1 fully saturated rings. The normalized spacial score (nSPS) is 29.7. The topological polar surface area (TPSA) is 23.8 Å². The van der Waals surface area contributed by atoms with Crippen molar-refractivity contribution in [3.8, 4) is 6.07 Å². The van der Waals surface area contributed by atoms with E-state index in [0.29, 0.717) is 10.0 Å². The van der Waals surface area contributed by atoms with Gasteiger partial charge >= 0.3 is 0 Å². The van der Waals surface area contributed by atoms with Crippen LogP contribution in [0, 0.1) is 17.2 Å². The van der Waals surface area contributed by atoms with Crippen molar-refractivity contribution < 1.29 is 0 Å². The third-order valence-electron chi connectivity index (χ3n) is 2.94. The second-order valence-electron chi connectivity index (χ2n) is 3.93. The molecule has 1 aromatic carbocycles. The Hall–Kier alpha value is -0.710. The van der Waals surface area contributed by atoms with Crippen molar-refractivity contribution in [3.05, 3.63) is 33.8 Å². The molecule has 72 valence electrons. The van der Waals surface area contributed by atoms with E-state index in [4.69, 9.17) is 28.5 Å². The van der Waals surface area contributed by atoms with Crippen LogP contribution in [-0.2, 0) is 5.41 Å². The van der Waals surface area contributed by atoms with Gasteiger partial charge in [0.25, 0.3) is 0 Å². The monoisotopic (exact) mass is 225 g/mol. The van der Waals surface area contributed by atoms with Gasteiger partial charge in [0.15, 0.2) is 0 Å². The first-order valence-electron chi connectivity index (χ1n) is 4.43. The zero-order chi connectivity index (χ0) is 10.3. The molecule has 0 amide bonds. The van der Waals surface area contributed by atoms with E-state index in [-0.39, 0.29) is 11.3 Å². The fourth-order valence-corrected chi connectivity index (χ4v) is 2.43. The smallest absolute Gasteiger partial charge is 0.0665 e. The lowest BCUT2D eigenvalue weighted by atomic mass is 9.96. The van der Waals surface area contributed by atoms with Crippen LogP contribution < -0.4 is 0 Å². The zero-order valence-electron chi connectivity index (χ0n) is 7.72. The van der Waals surface area contributed by atoms with Gasteiger partial charge in [-0.25, -0.2) is 0 Å². The summed E-state index contributed by atoms with van der Waals surface area (Å²) in [5.41, 5.74) is 0.978. The summed E-state index contributed by atoms with van der Waals surface area (Å²) in [6.07, 6.45) is 0.894. The molecule has 2 rings (SSSR count). The number of nitriles is 1. The highest BCUT2D eigenvalue weighted by Gasteiger charge is 2.52. The van der Waals surface area contributed by atoms with Crippen LogP contribution >= 0.6 is 23.2 Å². The van der Waals surface area contributed by atoms with Crippen molar-refractivity contribution >= 4 is 23.2 Å². The Morgan fingerprint density at radius 1 is 1.50 bits per heavy atom. The number of hydrogen-bond acceptors (Lipinski definition) is 1. The molecule has 1 saturated carbocycles. The second kappa shape index (κ2) is 3.15. The average Bonchev–Trinajstić information content (AvgIpc) is 2.77. The predicted octanol–water partition coefficient (Wildman–Crippen LogP) is 3.79. The van der Waals surface area contributed by atoms with Crippen LogP contribution in [0.5, 0.6) is 0 Å². The lowest BCUT2D eigenvalue weighted by molar-refractivity contribution is 0.742. The molecule has 3 heteroatoms. The first-order chi connectivity index (χ1) is 6.58. The Bertz CT molecular complexity index is 422. The van der Waals surface area contributed by atoms with Gasteiger partial charge in [-0.15, -0.1) is 0 Å². The molecule has 1 aliphatic rings. The SMILES string of the molecule is CC1(c2ccc(Cl)cc2Cl)CC1C#N. The summed E-state index contributed by atoms with van der Waals surface area (Å²) in [6, 6.07) is 7.75. The average molecular weight is 226 g/mol. The maximum Gasteiger partial charge on any atom is 0.0665 e. The van der Waals surface area contributed by atoms with Crippen LogP contribution in [0.1, 0.15) is 18.9 Å². The minimum Gasteiger partial charge on any atom is -0.198 e. The lowest BCUT2D eigenvalue weighted by Crippen LogP contribution is -2.04. The van der Waals surface area contributed by atoms with Gasteiger partial charge in [-0.2, -0.15) is 5.26 Å². The molecule has 0 heterocycles. The summed E-state index contributed by atoms with van der Waals surface area (Å²) in [7, 11) is 0. The largest absolute Gasteiger partial charge is 0.198 e. The Balaban J connectivity index is 2.40. The van der Waals surface area contributed by atoms with Gasteiger partial charge in [-0.05, 0) is 24.1 Å². The van der Waals surface area contributed by atoms with Crippen LogP contribution in [0.15, 0.2) is 18.2 Å². The quantitative estimate of drug-likeness (QED) is 0.714. The van der Waals surface area contributed by atoms with Crippen molar-refractivity contribution in [2.24, 2.45) is 5.92 Å². The van der Waals surface area contributed by atoms with Gasteiger partial charge in [0.2, 0.25) is 0 Å². The van der Waals surface area contributed by atoms with Crippen LogP contribution in [0.4, 0.5) is 0 Å². The first kappa shape index (κ1) is 9.83. The fourth-order valence-electron chi connectivity index (χ4n) is 1.80. The van der Waals surface area contributed by atoms with E-state index in [1.165, 1.54) is 0 Å². The van der Waals surface area contributed by atoms with Crippen molar-refractivity contribution in [3.63, 3.8) is 0 Å². The van der Waals surface area contributed by atoms with Crippen LogP contribution in [0.25, 0.3) is 0 Å². The Morgan fingerprint density at radius 2 is 2.21 bits per heavy atom. The Morgan fingerprint density at radius 3 is 2.71 bits per heavy atom. The minimum absolute atomic E-state index is 0.0591. The highest BCUT2D eigenvalue weighted by Crippen LogP contribution is 2.55. The lowest BCUT2D eigenvalue weighted by Gasteiger charge is -2.11. The number of rotatable bonds is 1. The molecular weight excluding hydrogens is 217 g/mol. The van der Waals surface area contributed by atoms with Gasteiger partial charge in [0, 0.05) is 15.5 Å². The summed E-state index contributed by atoms with van der Waals surface area (Å²) in [4.78, 5) is 0. The molecule has 2 atom stereocenters. The van der Waals surface area contributed by atoms with Crippen molar-refractivity contribution in [1.82, 2.24) is 0 Å². The van der Waals surface area contributed by atoms with Gasteiger partial charge in [0.05, 0.1) is 12.0 Å². The van der Waals surface area contributed by atoms with E-state index < -0.39 is 0 Å². The maximum absolute atomic E-state index is 8.83. The fraction of sp³-hybridized carbons (Fsp3) is 0.364. The van der Waals surface area contributed by atoms with E-state index in [9.17, 15) is 0 Å². The van der Waals surface area contributed by atoms with Crippen molar-refractivity contribution in [2.45, 2.75) is 18.8 Å². The molecule has 0 saturated heterocycles. The Labute approximate surface area is 93.2 Å². The molecule has 0 bridgehead atoms. The molecule has 0 aromatic heterocycles. The van der Waals surface area contributed by atoms with E-state index in [1.54, 1.807) is 6.07 Å². The number of benzene rings is 1. The third kappa shape index (κ3) is 1.39. The predicted molar refractivity (Wildman–Crippen MR) is 57.5 cm³/mol. The summed E-state index contributed by atoms with van der Waals surface area (Å²) < 4.78 is 0. The number of hydrogen-bond donors (Lipinski definition) is 0. The van der Waals surface area contributed by atoms with E-state index in [1.807, 2.05) is 12.1 Å². The molecule has 1 nitrogen and oxygen atoms in total. The minimum atomic E-state index is -0.0591. The molecule has 0 spiro atoms. The summed E-state index contributed by atoms with van der Waals surface area (Å²) in [5, 5.41) is 10.1. The van der Waals surface area contributed by atoms with Gasteiger partial charge in [-0.1, -0.05) is 36.2 Å². The molecule has 0 aliphatic heterocycles. The Kier molecular flexibility index (Phi) is 2.21. The maximum atomic E-state index is 8.83. The zero-order valence-corrected chi connectivity index (χ0v) is 9.23. The highest BCUT2D eigenvalue weighted by atomic mass is 35.5. The second-order valence-corrected chi connectivity index (χ2v) is 4.77. The van der Waals surface area contributed by atoms with Crippen molar-refractivity contribution in [1.29, 1.82) is 5.26 Å². The van der Waals surface area contributed by atoms with E-state index in [2.05, 4.69) is 13.0 Å². The number of halogens is 2. The standard InChI is InChI=1S/C11H9Cl2N/c1-11(5-7(11)6-14)9-3-2-8(12)4-10(9)13/h2-4,7H,5H2,1H3. The third-order valence-corrected chi connectivity index (χ3v) is 3.49. The van der Waals surface area contributed by atoms with Crippen LogP contribution in [0.3, 0.4) is 0 Å². The molecule has 2 unspecified atom stereocenters. The van der Waals surface area contributed by atoms with E-state index >= 15 is 0 Å². The van der Waals surface area contributed by atoms with Crippen LogP contribution in [0.2, 0.25) is 10.0 Å². The molecule has 0 N–H and O–H groups in total. The molecular formula is C11H9Cl2N. The molecule has 14 heavy (non-hydrogen) atoms. The molecule has 1 aliphatic carbocycles. The summed E-state index contributed by atoms with van der Waals surface area (Å²) in [5.74, 6) is 0.0983. The molecule has 1 aromatic rings.